The Balaban J connectivity index is 1.91. The number of terminal acetylenes is 1. The average Bonchev–Trinajstić information content (AvgIpc) is 2.59. The quantitative estimate of drug-likeness (QED) is 0.426. The molecule has 1 aromatic heterocycles. The van der Waals surface area contributed by atoms with Crippen molar-refractivity contribution in [3.05, 3.63) is 59.9 Å². The normalized spacial score (nSPS) is 11.9. The number of ether oxygens (including phenoxy) is 1. The molecule has 0 fully saturated rings. The standard InChI is InChI=1S/C20H13NO2/c1-2-3-11-23-14-7-8-16-17(12-14)15-6-4-5-13-9-10-21-19(18(13)15)20(16)22/h1,4-10,12H,3,11H2. The van der Waals surface area contributed by atoms with Crippen molar-refractivity contribution < 1.29 is 9.53 Å². The summed E-state index contributed by atoms with van der Waals surface area (Å²) in [5.74, 6) is 3.23. The van der Waals surface area contributed by atoms with Crippen LogP contribution in [0.1, 0.15) is 22.5 Å². The summed E-state index contributed by atoms with van der Waals surface area (Å²) in [7, 11) is 0. The minimum absolute atomic E-state index is 0.0422. The summed E-state index contributed by atoms with van der Waals surface area (Å²) >= 11 is 0. The summed E-state index contributed by atoms with van der Waals surface area (Å²) in [6.45, 7) is 0.464. The molecule has 3 heteroatoms. The van der Waals surface area contributed by atoms with Gasteiger partial charge in [-0.25, -0.2) is 0 Å². The van der Waals surface area contributed by atoms with Crippen LogP contribution in [-0.4, -0.2) is 17.4 Å². The van der Waals surface area contributed by atoms with E-state index in [0.29, 0.717) is 24.3 Å². The first-order valence-corrected chi connectivity index (χ1v) is 7.43. The molecule has 4 rings (SSSR count). The van der Waals surface area contributed by atoms with Crippen molar-refractivity contribution in [3.63, 3.8) is 0 Å². The zero-order valence-electron chi connectivity index (χ0n) is 12.4. The predicted octanol–water partition coefficient (Wildman–Crippen LogP) is 3.85. The number of hydrogen-bond donors (Lipinski definition) is 0. The maximum absolute atomic E-state index is 12.7. The second-order valence-electron chi connectivity index (χ2n) is 5.40. The van der Waals surface area contributed by atoms with E-state index in [0.717, 1.165) is 27.6 Å². The van der Waals surface area contributed by atoms with E-state index >= 15 is 0 Å². The van der Waals surface area contributed by atoms with Gasteiger partial charge in [-0.1, -0.05) is 18.2 Å². The monoisotopic (exact) mass is 299 g/mol. The summed E-state index contributed by atoms with van der Waals surface area (Å²) in [6, 6.07) is 13.5. The summed E-state index contributed by atoms with van der Waals surface area (Å²) in [4.78, 5) is 17.0. The fraction of sp³-hybridized carbons (Fsp3) is 0.100. The Labute approximate surface area is 133 Å². The molecule has 0 amide bonds. The second-order valence-corrected chi connectivity index (χ2v) is 5.40. The molecule has 0 aliphatic heterocycles. The van der Waals surface area contributed by atoms with Crippen molar-refractivity contribution in [3.8, 4) is 29.2 Å². The molecule has 0 unspecified atom stereocenters. The Morgan fingerprint density at radius 1 is 1.09 bits per heavy atom. The van der Waals surface area contributed by atoms with Gasteiger partial charge in [0.05, 0.1) is 6.61 Å². The third-order valence-electron chi connectivity index (χ3n) is 4.05. The van der Waals surface area contributed by atoms with Crippen LogP contribution in [0.15, 0.2) is 48.7 Å². The second kappa shape index (κ2) is 5.26. The lowest BCUT2D eigenvalue weighted by molar-refractivity contribution is 0.103. The van der Waals surface area contributed by atoms with Crippen molar-refractivity contribution in [2.24, 2.45) is 0 Å². The highest BCUT2D eigenvalue weighted by Crippen LogP contribution is 2.39. The highest BCUT2D eigenvalue weighted by atomic mass is 16.5. The number of carbonyl (C=O) groups is 1. The first-order valence-electron chi connectivity index (χ1n) is 7.43. The molecule has 23 heavy (non-hydrogen) atoms. The Morgan fingerprint density at radius 3 is 2.87 bits per heavy atom. The number of rotatable bonds is 3. The van der Waals surface area contributed by atoms with E-state index in [4.69, 9.17) is 11.2 Å². The Morgan fingerprint density at radius 2 is 2.00 bits per heavy atom. The molecular formula is C20H13NO2. The highest BCUT2D eigenvalue weighted by Gasteiger charge is 2.26. The summed E-state index contributed by atoms with van der Waals surface area (Å²) in [5.41, 5.74) is 3.08. The van der Waals surface area contributed by atoms with Crippen LogP contribution in [0.2, 0.25) is 0 Å². The van der Waals surface area contributed by atoms with Crippen LogP contribution in [0, 0.1) is 12.3 Å². The molecule has 0 atom stereocenters. The Hall–Kier alpha value is -3.12. The number of ketones is 1. The predicted molar refractivity (Wildman–Crippen MR) is 89.6 cm³/mol. The van der Waals surface area contributed by atoms with Crippen molar-refractivity contribution >= 4 is 16.6 Å². The van der Waals surface area contributed by atoms with Gasteiger partial charge in [0.1, 0.15) is 11.4 Å². The molecule has 3 aromatic rings. The molecular weight excluding hydrogens is 286 g/mol. The number of fused-ring (bicyclic) bond motifs is 2. The largest absolute Gasteiger partial charge is 0.493 e. The van der Waals surface area contributed by atoms with Gasteiger partial charge in [-0.3, -0.25) is 9.78 Å². The molecule has 0 saturated carbocycles. The topological polar surface area (TPSA) is 39.2 Å². The molecule has 3 nitrogen and oxygen atoms in total. The van der Waals surface area contributed by atoms with Crippen molar-refractivity contribution in [1.29, 1.82) is 0 Å². The Kier molecular flexibility index (Phi) is 3.09. The van der Waals surface area contributed by atoms with E-state index in [9.17, 15) is 4.79 Å². The van der Waals surface area contributed by atoms with E-state index in [-0.39, 0.29) is 5.78 Å². The summed E-state index contributed by atoms with van der Waals surface area (Å²) < 4.78 is 5.66. The lowest BCUT2D eigenvalue weighted by Gasteiger charge is -2.19. The van der Waals surface area contributed by atoms with Gasteiger partial charge < -0.3 is 4.74 Å². The van der Waals surface area contributed by atoms with E-state index in [1.165, 1.54) is 0 Å². The van der Waals surface area contributed by atoms with Crippen LogP contribution in [0.3, 0.4) is 0 Å². The van der Waals surface area contributed by atoms with Gasteiger partial charge in [0.15, 0.2) is 0 Å². The molecule has 0 spiro atoms. The lowest BCUT2D eigenvalue weighted by atomic mass is 9.85. The van der Waals surface area contributed by atoms with Crippen molar-refractivity contribution in [2.75, 3.05) is 6.61 Å². The lowest BCUT2D eigenvalue weighted by Crippen LogP contribution is -2.12. The minimum Gasteiger partial charge on any atom is -0.493 e. The number of pyridine rings is 1. The fourth-order valence-corrected chi connectivity index (χ4v) is 3.02. The zero-order chi connectivity index (χ0) is 15.8. The molecule has 1 aliphatic carbocycles. The van der Waals surface area contributed by atoms with Gasteiger partial charge in [0, 0.05) is 23.6 Å². The van der Waals surface area contributed by atoms with Crippen LogP contribution >= 0.6 is 0 Å². The molecule has 1 heterocycles. The molecule has 0 bridgehead atoms. The number of aromatic nitrogens is 1. The first-order chi connectivity index (χ1) is 11.3. The first kappa shape index (κ1) is 13.5. The van der Waals surface area contributed by atoms with E-state index in [1.807, 2.05) is 30.3 Å². The van der Waals surface area contributed by atoms with Gasteiger partial charge in [0.25, 0.3) is 0 Å². The number of nitrogens with zero attached hydrogens (tertiary/aromatic N) is 1. The summed E-state index contributed by atoms with van der Waals surface area (Å²) in [6.07, 6.45) is 7.48. The maximum atomic E-state index is 12.7. The molecule has 1 aliphatic rings. The third-order valence-corrected chi connectivity index (χ3v) is 4.05. The van der Waals surface area contributed by atoms with Crippen molar-refractivity contribution in [1.82, 2.24) is 4.98 Å². The van der Waals surface area contributed by atoms with E-state index in [1.54, 1.807) is 18.3 Å². The van der Waals surface area contributed by atoms with Crippen LogP contribution in [0.25, 0.3) is 21.9 Å². The zero-order valence-corrected chi connectivity index (χ0v) is 12.4. The summed E-state index contributed by atoms with van der Waals surface area (Å²) in [5, 5.41) is 1.93. The minimum atomic E-state index is -0.0422. The average molecular weight is 299 g/mol. The molecule has 0 N–H and O–H groups in total. The smallest absolute Gasteiger partial charge is 0.212 e. The van der Waals surface area contributed by atoms with Gasteiger partial charge in [-0.15, -0.1) is 12.3 Å². The van der Waals surface area contributed by atoms with Gasteiger partial charge >= 0.3 is 0 Å². The molecule has 110 valence electrons. The molecule has 2 aromatic carbocycles. The maximum Gasteiger partial charge on any atom is 0.212 e. The Bertz CT molecular complexity index is 977. The third kappa shape index (κ3) is 2.08. The SMILES string of the molecule is C#CCCOc1ccc2c(c1)-c1cccc3ccnc(c13)C2=O. The van der Waals surface area contributed by atoms with E-state index in [2.05, 4.69) is 10.9 Å². The van der Waals surface area contributed by atoms with Gasteiger partial charge in [0.2, 0.25) is 5.78 Å². The van der Waals surface area contributed by atoms with Crippen LogP contribution in [0.5, 0.6) is 5.75 Å². The highest BCUT2D eigenvalue weighted by molar-refractivity contribution is 6.24. The van der Waals surface area contributed by atoms with E-state index < -0.39 is 0 Å². The van der Waals surface area contributed by atoms with Crippen molar-refractivity contribution in [2.45, 2.75) is 6.42 Å². The molecule has 0 saturated heterocycles. The van der Waals surface area contributed by atoms with Crippen LogP contribution in [-0.2, 0) is 0 Å². The van der Waals surface area contributed by atoms with Crippen LogP contribution in [0.4, 0.5) is 0 Å². The fourth-order valence-electron chi connectivity index (χ4n) is 3.02. The number of hydrogen-bond acceptors (Lipinski definition) is 3. The number of benzene rings is 2. The van der Waals surface area contributed by atoms with Gasteiger partial charge in [-0.2, -0.15) is 0 Å². The number of carbonyl (C=O) groups excluding carboxylic acids is 1. The molecule has 0 radical (unpaired) electrons. The van der Waals surface area contributed by atoms with Gasteiger partial charge in [-0.05, 0) is 40.8 Å². The van der Waals surface area contributed by atoms with Crippen LogP contribution < -0.4 is 4.74 Å².